The Morgan fingerprint density at radius 1 is 1.20 bits per heavy atom. The molecule has 2 atom stereocenters. The molecule has 1 aliphatic carbocycles. The molecule has 6 heteroatoms. The van der Waals surface area contributed by atoms with Crippen LogP contribution in [0.5, 0.6) is 0 Å². The van der Waals surface area contributed by atoms with E-state index in [9.17, 15) is 13.2 Å². The van der Waals surface area contributed by atoms with Crippen LogP contribution in [0.25, 0.3) is 11.0 Å². The number of alkyl halides is 3. The van der Waals surface area contributed by atoms with Crippen molar-refractivity contribution in [2.24, 2.45) is 11.8 Å². The molecular weight excluding hydrogens is 327 g/mol. The molecule has 1 aliphatic heterocycles. The Labute approximate surface area is 145 Å². The summed E-state index contributed by atoms with van der Waals surface area (Å²) in [5.74, 6) is 0.0499. The number of hydrogen-bond donors (Lipinski definition) is 2. The number of aromatic nitrogens is 2. The van der Waals surface area contributed by atoms with Crippen molar-refractivity contribution < 1.29 is 13.2 Å². The molecule has 2 bridgehead atoms. The normalized spacial score (nSPS) is 29.9. The third-order valence-corrected chi connectivity index (χ3v) is 6.29. The van der Waals surface area contributed by atoms with Gasteiger partial charge in [-0.25, -0.2) is 4.98 Å². The minimum Gasteiger partial charge on any atom is -0.334 e. The third kappa shape index (κ3) is 2.57. The molecule has 2 aromatic rings. The summed E-state index contributed by atoms with van der Waals surface area (Å²) in [6, 6.07) is 5.61. The Morgan fingerprint density at radius 2 is 1.92 bits per heavy atom. The second kappa shape index (κ2) is 6.01. The predicted octanol–water partition coefficient (Wildman–Crippen LogP) is 4.64. The predicted molar refractivity (Wildman–Crippen MR) is 91.4 cm³/mol. The first-order valence-corrected chi connectivity index (χ1v) is 9.24. The number of rotatable bonds is 3. The number of H-pyrrole nitrogens is 1. The number of para-hydroxylation sites is 1. The molecule has 136 valence electrons. The first-order valence-electron chi connectivity index (χ1n) is 9.24. The van der Waals surface area contributed by atoms with Crippen LogP contribution >= 0.6 is 0 Å². The number of piperidine rings is 1. The molecular formula is C19H24F3N3. The molecule has 3 nitrogen and oxygen atoms in total. The van der Waals surface area contributed by atoms with Crippen LogP contribution in [0.2, 0.25) is 0 Å². The Balaban J connectivity index is 1.92. The summed E-state index contributed by atoms with van der Waals surface area (Å²) in [7, 11) is 0. The van der Waals surface area contributed by atoms with Gasteiger partial charge in [0.15, 0.2) is 0 Å². The van der Waals surface area contributed by atoms with E-state index in [0.29, 0.717) is 22.9 Å². The maximum absolute atomic E-state index is 13.2. The van der Waals surface area contributed by atoms with Crippen LogP contribution in [0.4, 0.5) is 13.2 Å². The van der Waals surface area contributed by atoms with Gasteiger partial charge in [0, 0.05) is 5.41 Å². The van der Waals surface area contributed by atoms with Crippen LogP contribution in [0.3, 0.4) is 0 Å². The minimum absolute atomic E-state index is 0.0597. The maximum atomic E-state index is 13.2. The SMILES string of the molecule is CCCC1(c2cccc3[nH]c(C(F)(F)F)nc23)C2CCCC1CNC2. The van der Waals surface area contributed by atoms with Gasteiger partial charge in [-0.15, -0.1) is 0 Å². The summed E-state index contributed by atoms with van der Waals surface area (Å²) >= 11 is 0. The summed E-state index contributed by atoms with van der Waals surface area (Å²) in [6.45, 7) is 4.07. The van der Waals surface area contributed by atoms with Gasteiger partial charge < -0.3 is 10.3 Å². The quantitative estimate of drug-likeness (QED) is 0.846. The van der Waals surface area contributed by atoms with Gasteiger partial charge in [-0.1, -0.05) is 31.9 Å². The average Bonchev–Trinajstić information content (AvgIpc) is 2.99. The fraction of sp³-hybridized carbons (Fsp3) is 0.632. The maximum Gasteiger partial charge on any atom is 0.449 e. The lowest BCUT2D eigenvalue weighted by molar-refractivity contribution is -0.144. The van der Waals surface area contributed by atoms with Crippen LogP contribution in [0, 0.1) is 11.8 Å². The zero-order valence-electron chi connectivity index (χ0n) is 14.4. The second-order valence-corrected chi connectivity index (χ2v) is 7.56. The zero-order chi connectivity index (χ0) is 17.7. The van der Waals surface area contributed by atoms with E-state index in [2.05, 4.69) is 22.2 Å². The summed E-state index contributed by atoms with van der Waals surface area (Å²) in [6.07, 6.45) is 1.08. The van der Waals surface area contributed by atoms with Crippen molar-refractivity contribution in [1.29, 1.82) is 0 Å². The number of benzene rings is 1. The van der Waals surface area contributed by atoms with Crippen molar-refractivity contribution in [3.8, 4) is 0 Å². The topological polar surface area (TPSA) is 40.7 Å². The monoisotopic (exact) mass is 351 g/mol. The van der Waals surface area contributed by atoms with Crippen molar-refractivity contribution in [3.63, 3.8) is 0 Å². The molecule has 0 amide bonds. The van der Waals surface area contributed by atoms with E-state index in [0.717, 1.165) is 44.3 Å². The average molecular weight is 351 g/mol. The van der Waals surface area contributed by atoms with Crippen LogP contribution in [-0.4, -0.2) is 23.1 Å². The van der Waals surface area contributed by atoms with Gasteiger partial charge in [-0.3, -0.25) is 0 Å². The highest BCUT2D eigenvalue weighted by molar-refractivity contribution is 5.80. The molecule has 4 rings (SSSR count). The van der Waals surface area contributed by atoms with E-state index in [1.54, 1.807) is 6.07 Å². The highest BCUT2D eigenvalue weighted by atomic mass is 19.4. The summed E-state index contributed by atoms with van der Waals surface area (Å²) < 4.78 is 39.5. The van der Waals surface area contributed by atoms with Gasteiger partial charge in [-0.2, -0.15) is 13.2 Å². The number of fused-ring (bicyclic) bond motifs is 3. The molecule has 2 N–H and O–H groups in total. The van der Waals surface area contributed by atoms with E-state index in [4.69, 9.17) is 0 Å². The van der Waals surface area contributed by atoms with Crippen molar-refractivity contribution in [2.75, 3.05) is 13.1 Å². The molecule has 1 aromatic carbocycles. The molecule has 1 saturated carbocycles. The number of nitrogens with zero attached hydrogens (tertiary/aromatic N) is 1. The van der Waals surface area contributed by atoms with Crippen molar-refractivity contribution in [3.05, 3.63) is 29.6 Å². The summed E-state index contributed by atoms with van der Waals surface area (Å²) in [5, 5.41) is 3.54. The van der Waals surface area contributed by atoms with Crippen LogP contribution in [0.1, 0.15) is 50.4 Å². The first-order chi connectivity index (χ1) is 12.0. The second-order valence-electron chi connectivity index (χ2n) is 7.56. The van der Waals surface area contributed by atoms with E-state index in [-0.39, 0.29) is 5.41 Å². The lowest BCUT2D eigenvalue weighted by atomic mass is 9.53. The van der Waals surface area contributed by atoms with Gasteiger partial charge in [-0.05, 0) is 55.8 Å². The Bertz CT molecular complexity index is 743. The highest BCUT2D eigenvalue weighted by Crippen LogP contribution is 2.53. The van der Waals surface area contributed by atoms with Crippen LogP contribution in [-0.2, 0) is 11.6 Å². The van der Waals surface area contributed by atoms with Crippen LogP contribution < -0.4 is 5.32 Å². The summed E-state index contributed by atoms with van der Waals surface area (Å²) in [5.41, 5.74) is 1.98. The molecule has 0 radical (unpaired) electrons. The van der Waals surface area contributed by atoms with Crippen molar-refractivity contribution >= 4 is 11.0 Å². The standard InChI is InChI=1S/C19H24F3N3/c1-2-9-18(12-5-3-6-13(18)11-23-10-12)14-7-4-8-15-16(14)25-17(24-15)19(20,21)22/h4,7-8,12-13,23H,2-3,5-6,9-11H2,1H3,(H,24,25). The fourth-order valence-corrected chi connectivity index (χ4v) is 5.40. The molecule has 2 unspecified atom stereocenters. The van der Waals surface area contributed by atoms with Gasteiger partial charge in [0.2, 0.25) is 5.82 Å². The lowest BCUT2D eigenvalue weighted by Gasteiger charge is -2.54. The molecule has 2 heterocycles. The number of aromatic amines is 1. The van der Waals surface area contributed by atoms with Gasteiger partial charge in [0.05, 0.1) is 11.0 Å². The van der Waals surface area contributed by atoms with E-state index in [1.807, 2.05) is 12.1 Å². The summed E-state index contributed by atoms with van der Waals surface area (Å²) in [4.78, 5) is 6.50. The van der Waals surface area contributed by atoms with Gasteiger partial charge >= 0.3 is 6.18 Å². The Kier molecular flexibility index (Phi) is 4.06. The number of halogens is 3. The van der Waals surface area contributed by atoms with Crippen LogP contribution in [0.15, 0.2) is 18.2 Å². The molecule has 0 spiro atoms. The number of nitrogens with one attached hydrogen (secondary N) is 2. The molecule has 1 aromatic heterocycles. The van der Waals surface area contributed by atoms with E-state index >= 15 is 0 Å². The smallest absolute Gasteiger partial charge is 0.334 e. The number of hydrogen-bond acceptors (Lipinski definition) is 2. The largest absolute Gasteiger partial charge is 0.449 e. The molecule has 1 saturated heterocycles. The lowest BCUT2D eigenvalue weighted by Crippen LogP contribution is -2.56. The first kappa shape index (κ1) is 16.9. The van der Waals surface area contributed by atoms with E-state index in [1.165, 1.54) is 6.42 Å². The van der Waals surface area contributed by atoms with Gasteiger partial charge in [0.25, 0.3) is 0 Å². The van der Waals surface area contributed by atoms with Gasteiger partial charge in [0.1, 0.15) is 0 Å². The Morgan fingerprint density at radius 3 is 2.56 bits per heavy atom. The zero-order valence-corrected chi connectivity index (χ0v) is 14.4. The van der Waals surface area contributed by atoms with Crippen molar-refractivity contribution in [2.45, 2.75) is 50.6 Å². The third-order valence-electron chi connectivity index (χ3n) is 6.29. The molecule has 25 heavy (non-hydrogen) atoms. The van der Waals surface area contributed by atoms with Crippen molar-refractivity contribution in [1.82, 2.24) is 15.3 Å². The molecule has 2 aliphatic rings. The number of imidazole rings is 1. The highest BCUT2D eigenvalue weighted by Gasteiger charge is 2.51. The van der Waals surface area contributed by atoms with E-state index < -0.39 is 12.0 Å². The minimum atomic E-state index is -4.45. The molecule has 2 fully saturated rings. The Hall–Kier alpha value is -1.56. The fourth-order valence-electron chi connectivity index (χ4n) is 5.40.